The Labute approximate surface area is 65.5 Å². The molecule has 1 aromatic heterocycles. The van der Waals surface area contributed by atoms with Crippen molar-refractivity contribution < 1.29 is 4.79 Å². The highest BCUT2D eigenvalue weighted by molar-refractivity contribution is 5.60. The summed E-state index contributed by atoms with van der Waals surface area (Å²) in [4.78, 5) is 10.5. The van der Waals surface area contributed by atoms with Crippen molar-refractivity contribution in [2.45, 2.75) is 0 Å². The van der Waals surface area contributed by atoms with E-state index in [2.05, 4.69) is 6.58 Å². The molecule has 3 heteroatoms. The Morgan fingerprint density at radius 2 is 2.09 bits per heavy atom. The van der Waals surface area contributed by atoms with Gasteiger partial charge in [-0.1, -0.05) is 6.08 Å². The molecule has 0 bridgehead atoms. The van der Waals surface area contributed by atoms with Gasteiger partial charge in [-0.3, -0.25) is 9.47 Å². The van der Waals surface area contributed by atoms with Crippen molar-refractivity contribution in [3.8, 4) is 0 Å². The van der Waals surface area contributed by atoms with Crippen LogP contribution < -0.4 is 5.01 Å². The number of carbonyl (C=O) groups is 1. The highest BCUT2D eigenvalue weighted by atomic mass is 16.1. The van der Waals surface area contributed by atoms with Crippen LogP contribution in [0, 0.1) is 0 Å². The number of hydrogen-bond donors (Lipinski definition) is 0. The largest absolute Gasteiger partial charge is 0.277 e. The fourth-order valence-electron chi connectivity index (χ4n) is 0.821. The summed E-state index contributed by atoms with van der Waals surface area (Å²) in [5.74, 6) is 0. The molecule has 0 saturated heterocycles. The Hall–Kier alpha value is -1.51. The normalized spacial score (nSPS) is 9.09. The van der Waals surface area contributed by atoms with Crippen LogP contribution in [0.1, 0.15) is 0 Å². The van der Waals surface area contributed by atoms with Gasteiger partial charge in [-0.2, -0.15) is 0 Å². The molecule has 0 radical (unpaired) electrons. The minimum absolute atomic E-state index is 0.526. The van der Waals surface area contributed by atoms with E-state index >= 15 is 0 Å². The number of hydrogen-bond acceptors (Lipinski definition) is 1. The van der Waals surface area contributed by atoms with Gasteiger partial charge < -0.3 is 0 Å². The standard InChI is InChI=1S/C8H10N2O/c1-2-5-10(8-11)9-6-3-4-7-9/h2-4,6-8H,1,5H2. The molecule has 1 aromatic rings. The first-order chi connectivity index (χ1) is 5.38. The number of aromatic nitrogens is 1. The van der Waals surface area contributed by atoms with Gasteiger partial charge in [0.25, 0.3) is 0 Å². The first kappa shape index (κ1) is 7.60. The van der Waals surface area contributed by atoms with Crippen LogP contribution in [0.2, 0.25) is 0 Å². The van der Waals surface area contributed by atoms with Gasteiger partial charge in [0.15, 0.2) is 0 Å². The van der Waals surface area contributed by atoms with Crippen LogP contribution in [0.3, 0.4) is 0 Å². The van der Waals surface area contributed by atoms with E-state index < -0.39 is 0 Å². The van der Waals surface area contributed by atoms with Crippen molar-refractivity contribution >= 4 is 6.41 Å². The van der Waals surface area contributed by atoms with E-state index in [4.69, 9.17) is 0 Å². The van der Waals surface area contributed by atoms with Crippen molar-refractivity contribution in [1.82, 2.24) is 4.68 Å². The number of amides is 1. The lowest BCUT2D eigenvalue weighted by Gasteiger charge is -2.15. The van der Waals surface area contributed by atoms with Gasteiger partial charge in [0.1, 0.15) is 0 Å². The first-order valence-corrected chi connectivity index (χ1v) is 3.34. The van der Waals surface area contributed by atoms with Crippen LogP contribution in [-0.4, -0.2) is 17.6 Å². The molecule has 0 fully saturated rings. The average Bonchev–Trinajstić information content (AvgIpc) is 2.52. The monoisotopic (exact) mass is 150 g/mol. The summed E-state index contributed by atoms with van der Waals surface area (Å²) in [7, 11) is 0. The zero-order valence-corrected chi connectivity index (χ0v) is 6.18. The third-order valence-electron chi connectivity index (χ3n) is 1.32. The van der Waals surface area contributed by atoms with E-state index in [1.165, 1.54) is 5.01 Å². The summed E-state index contributed by atoms with van der Waals surface area (Å²) in [5.41, 5.74) is 0. The zero-order valence-electron chi connectivity index (χ0n) is 6.18. The lowest BCUT2D eigenvalue weighted by Crippen LogP contribution is -2.31. The van der Waals surface area contributed by atoms with Crippen molar-refractivity contribution in [2.24, 2.45) is 0 Å². The van der Waals surface area contributed by atoms with Crippen LogP contribution >= 0.6 is 0 Å². The summed E-state index contributed by atoms with van der Waals surface area (Å²) in [6.07, 6.45) is 6.05. The smallest absolute Gasteiger partial charge is 0.228 e. The minimum atomic E-state index is 0.526. The summed E-state index contributed by atoms with van der Waals surface area (Å²) < 4.78 is 1.70. The molecule has 0 N–H and O–H groups in total. The highest BCUT2D eigenvalue weighted by Crippen LogP contribution is 1.90. The molecule has 0 spiro atoms. The topological polar surface area (TPSA) is 25.2 Å². The molecule has 1 rings (SSSR count). The second-order valence-electron chi connectivity index (χ2n) is 2.08. The van der Waals surface area contributed by atoms with E-state index in [1.54, 1.807) is 23.1 Å². The van der Waals surface area contributed by atoms with E-state index in [1.807, 2.05) is 12.1 Å². The molecule has 1 amide bonds. The number of rotatable bonds is 4. The molecule has 0 aliphatic heterocycles. The minimum Gasteiger partial charge on any atom is -0.277 e. The van der Waals surface area contributed by atoms with Crippen LogP contribution in [0.5, 0.6) is 0 Å². The fraction of sp³-hybridized carbons (Fsp3) is 0.125. The maximum Gasteiger partial charge on any atom is 0.228 e. The average molecular weight is 150 g/mol. The predicted octanol–water partition coefficient (Wildman–Crippen LogP) is 0.768. The molecule has 0 aliphatic carbocycles. The lowest BCUT2D eigenvalue weighted by atomic mass is 10.6. The Morgan fingerprint density at radius 1 is 1.45 bits per heavy atom. The quantitative estimate of drug-likeness (QED) is 0.459. The van der Waals surface area contributed by atoms with Crippen LogP contribution in [0.25, 0.3) is 0 Å². The Kier molecular flexibility index (Phi) is 2.49. The molecule has 3 nitrogen and oxygen atoms in total. The fourth-order valence-corrected chi connectivity index (χ4v) is 0.821. The van der Waals surface area contributed by atoms with Gasteiger partial charge in [0, 0.05) is 12.4 Å². The number of nitrogens with zero attached hydrogens (tertiary/aromatic N) is 2. The van der Waals surface area contributed by atoms with E-state index in [0.717, 1.165) is 6.41 Å². The third-order valence-corrected chi connectivity index (χ3v) is 1.32. The van der Waals surface area contributed by atoms with Crippen LogP contribution in [-0.2, 0) is 4.79 Å². The molecule has 0 aliphatic rings. The van der Waals surface area contributed by atoms with Gasteiger partial charge >= 0.3 is 0 Å². The Bertz CT molecular complexity index is 228. The summed E-state index contributed by atoms with van der Waals surface area (Å²) >= 11 is 0. The molecular weight excluding hydrogens is 140 g/mol. The van der Waals surface area contributed by atoms with Gasteiger partial charge in [-0.05, 0) is 12.1 Å². The molecule has 11 heavy (non-hydrogen) atoms. The first-order valence-electron chi connectivity index (χ1n) is 3.34. The van der Waals surface area contributed by atoms with Gasteiger partial charge in [0.2, 0.25) is 6.41 Å². The SMILES string of the molecule is C=CCN(C=O)n1cccc1. The second-order valence-corrected chi connectivity index (χ2v) is 2.08. The molecular formula is C8H10N2O. The Balaban J connectivity index is 2.70. The molecule has 0 atom stereocenters. The van der Waals surface area contributed by atoms with E-state index in [9.17, 15) is 4.79 Å². The zero-order chi connectivity index (χ0) is 8.10. The molecule has 1 heterocycles. The predicted molar refractivity (Wildman–Crippen MR) is 43.8 cm³/mol. The highest BCUT2D eigenvalue weighted by Gasteiger charge is 1.97. The number of carbonyl (C=O) groups excluding carboxylic acids is 1. The molecule has 58 valence electrons. The van der Waals surface area contributed by atoms with E-state index in [-0.39, 0.29) is 0 Å². The van der Waals surface area contributed by atoms with Crippen LogP contribution in [0.4, 0.5) is 0 Å². The molecule has 0 unspecified atom stereocenters. The summed E-state index contributed by atoms with van der Waals surface area (Å²) in [6, 6.07) is 3.72. The van der Waals surface area contributed by atoms with Gasteiger partial charge in [-0.15, -0.1) is 6.58 Å². The van der Waals surface area contributed by atoms with E-state index in [0.29, 0.717) is 6.54 Å². The molecule has 0 aromatic carbocycles. The van der Waals surface area contributed by atoms with Crippen LogP contribution in [0.15, 0.2) is 37.2 Å². The third kappa shape index (κ3) is 1.70. The van der Waals surface area contributed by atoms with Crippen molar-refractivity contribution in [3.63, 3.8) is 0 Å². The van der Waals surface area contributed by atoms with Crippen molar-refractivity contribution in [2.75, 3.05) is 11.6 Å². The van der Waals surface area contributed by atoms with Crippen molar-refractivity contribution in [1.29, 1.82) is 0 Å². The second kappa shape index (κ2) is 3.61. The summed E-state index contributed by atoms with van der Waals surface area (Å²) in [5, 5.41) is 1.51. The van der Waals surface area contributed by atoms with Crippen molar-refractivity contribution in [3.05, 3.63) is 37.2 Å². The van der Waals surface area contributed by atoms with Gasteiger partial charge in [0.05, 0.1) is 6.54 Å². The maximum absolute atomic E-state index is 10.5. The maximum atomic E-state index is 10.5. The summed E-state index contributed by atoms with van der Waals surface area (Å²) in [6.45, 7) is 4.07. The molecule has 0 saturated carbocycles. The van der Waals surface area contributed by atoms with Gasteiger partial charge in [-0.25, -0.2) is 5.01 Å². The lowest BCUT2D eigenvalue weighted by molar-refractivity contribution is -0.108. The Morgan fingerprint density at radius 3 is 2.55 bits per heavy atom.